The molecule has 10 heteroatoms. The van der Waals surface area contributed by atoms with Crippen molar-refractivity contribution in [2.24, 2.45) is 0 Å². The second-order valence-electron chi connectivity index (χ2n) is 12.9. The van der Waals surface area contributed by atoms with Gasteiger partial charge in [0.1, 0.15) is 23.5 Å². The molecular weight excluding hydrogens is 609 g/mol. The summed E-state index contributed by atoms with van der Waals surface area (Å²) in [4.78, 5) is 19.3. The first-order valence-corrected chi connectivity index (χ1v) is 17.9. The number of allylic oxidation sites excluding steroid dienone is 1. The molecule has 3 unspecified atom stereocenters. The van der Waals surface area contributed by atoms with Crippen LogP contribution in [-0.2, 0) is 11.3 Å². The Hall–Kier alpha value is -3.50. The van der Waals surface area contributed by atoms with Gasteiger partial charge in [0.05, 0.1) is 38.8 Å². The maximum Gasteiger partial charge on any atom is 0.335 e. The summed E-state index contributed by atoms with van der Waals surface area (Å²) in [7, 11) is -0.362. The van der Waals surface area contributed by atoms with Crippen molar-refractivity contribution in [3.05, 3.63) is 99.6 Å². The number of carboxylic acids is 1. The Balaban J connectivity index is 1.02. The number of likely N-dealkylation sites (tertiary alicyclic amines) is 1. The summed E-state index contributed by atoms with van der Waals surface area (Å²) in [5, 5.41) is 10.0. The topological polar surface area (TPSA) is 76.8 Å². The van der Waals surface area contributed by atoms with E-state index >= 15 is 0 Å². The summed E-state index contributed by atoms with van der Waals surface area (Å²) in [6.07, 6.45) is 4.91. The number of para-hydroxylation sites is 1. The summed E-state index contributed by atoms with van der Waals surface area (Å²) in [6, 6.07) is 16.4. The molecule has 4 atom stereocenters. The highest BCUT2D eigenvalue weighted by atomic mass is 35.5. The fourth-order valence-electron chi connectivity index (χ4n) is 7.53. The summed E-state index contributed by atoms with van der Waals surface area (Å²) < 4.78 is 29.6. The number of halogens is 2. The van der Waals surface area contributed by atoms with E-state index in [4.69, 9.17) is 26.1 Å². The van der Waals surface area contributed by atoms with E-state index in [0.29, 0.717) is 39.4 Å². The summed E-state index contributed by atoms with van der Waals surface area (Å²) >= 11 is 6.02. The van der Waals surface area contributed by atoms with Crippen molar-refractivity contribution >= 4 is 43.7 Å². The minimum atomic E-state index is -0.914. The highest BCUT2D eigenvalue weighted by Gasteiger charge is 2.49. The standard InChI is InChI=1S/C35H35ClFN3O4Si/c1-19-15-30(25-7-6-22(36)17-26(25)37)44-32-23(19)3-2-4-24(32)20-9-12-39(13-10-20)18-31-38-27-8-5-21(35(41)42)16-28(27)40(31)34-33(45-34)29-11-14-43-29/h2-8,15-17,20,29-30,33-34H,9-14,18,45H2,1H3,(H,41,42)/t29?,30?,33-,34?/m1/s1. The minimum absolute atomic E-state index is 0.300. The number of carboxylic acid groups (broad SMARTS) is 1. The maximum atomic E-state index is 14.9. The van der Waals surface area contributed by atoms with E-state index in [2.05, 4.69) is 34.6 Å². The Morgan fingerprint density at radius 2 is 1.93 bits per heavy atom. The van der Waals surface area contributed by atoms with Gasteiger partial charge in [0.15, 0.2) is 0 Å². The molecule has 4 aromatic rings. The first-order valence-electron chi connectivity index (χ1n) is 15.9. The number of aromatic nitrogens is 2. The van der Waals surface area contributed by atoms with Crippen LogP contribution in [0.3, 0.4) is 0 Å². The molecule has 4 aliphatic heterocycles. The molecule has 4 aliphatic rings. The normalized spacial score (nSPS) is 25.4. The zero-order valence-corrected chi connectivity index (χ0v) is 27.3. The van der Waals surface area contributed by atoms with Crippen molar-refractivity contribution in [3.8, 4) is 5.75 Å². The third-order valence-electron chi connectivity index (χ3n) is 10.1. The van der Waals surface area contributed by atoms with Crippen molar-refractivity contribution in [3.63, 3.8) is 0 Å². The van der Waals surface area contributed by atoms with E-state index in [1.54, 1.807) is 24.3 Å². The van der Waals surface area contributed by atoms with E-state index in [9.17, 15) is 14.3 Å². The predicted molar refractivity (Wildman–Crippen MR) is 175 cm³/mol. The molecule has 3 fully saturated rings. The SMILES string of the molecule is CC1=CC(c2ccc(Cl)cc2F)Oc2c1cccc2C1CCN(Cc2nc3ccc(C(=O)O)cc3n2C2[SiH2][C@@H]2C2CCO2)CC1. The molecule has 0 amide bonds. The smallest absolute Gasteiger partial charge is 0.335 e. The van der Waals surface area contributed by atoms with E-state index in [1.807, 2.05) is 12.1 Å². The second-order valence-corrected chi connectivity index (χ2v) is 15.6. The van der Waals surface area contributed by atoms with Gasteiger partial charge in [-0.2, -0.15) is 0 Å². The van der Waals surface area contributed by atoms with Gasteiger partial charge in [0.25, 0.3) is 0 Å². The number of rotatable bonds is 7. The largest absolute Gasteiger partial charge is 0.481 e. The monoisotopic (exact) mass is 643 g/mol. The zero-order valence-electron chi connectivity index (χ0n) is 25.1. The van der Waals surface area contributed by atoms with Crippen molar-refractivity contribution in [1.82, 2.24) is 14.5 Å². The Bertz CT molecular complexity index is 1850. The number of fused-ring (bicyclic) bond motifs is 2. The molecule has 1 N–H and O–H groups in total. The molecule has 45 heavy (non-hydrogen) atoms. The third kappa shape index (κ3) is 5.29. The molecule has 7 nitrogen and oxygen atoms in total. The maximum absolute atomic E-state index is 14.9. The van der Waals surface area contributed by atoms with Crippen LogP contribution in [0.25, 0.3) is 16.6 Å². The van der Waals surface area contributed by atoms with Gasteiger partial charge in [-0.3, -0.25) is 4.90 Å². The molecule has 5 heterocycles. The number of nitrogens with zero attached hydrogens (tertiary/aromatic N) is 3. The van der Waals surface area contributed by atoms with Crippen LogP contribution < -0.4 is 4.74 Å². The second kappa shape index (κ2) is 11.4. The Morgan fingerprint density at radius 1 is 1.11 bits per heavy atom. The quantitative estimate of drug-likeness (QED) is 0.226. The van der Waals surface area contributed by atoms with Crippen LogP contribution in [0, 0.1) is 5.82 Å². The summed E-state index contributed by atoms with van der Waals surface area (Å²) in [5.41, 5.74) is 6.93. The third-order valence-corrected chi connectivity index (χ3v) is 12.7. The number of hydrogen-bond acceptors (Lipinski definition) is 5. The van der Waals surface area contributed by atoms with Gasteiger partial charge in [0, 0.05) is 28.4 Å². The van der Waals surface area contributed by atoms with Crippen LogP contribution in [-0.4, -0.2) is 60.8 Å². The van der Waals surface area contributed by atoms with Crippen molar-refractivity contribution < 1.29 is 23.8 Å². The molecule has 8 rings (SSSR count). The van der Waals surface area contributed by atoms with Crippen molar-refractivity contribution in [2.45, 2.75) is 62.1 Å². The number of benzene rings is 3. The van der Waals surface area contributed by atoms with Crippen LogP contribution in [0.2, 0.25) is 10.6 Å². The lowest BCUT2D eigenvalue weighted by atomic mass is 9.85. The Kier molecular flexibility index (Phi) is 7.32. The average Bonchev–Trinajstić information content (AvgIpc) is 3.67. The highest BCUT2D eigenvalue weighted by molar-refractivity contribution is 6.53. The van der Waals surface area contributed by atoms with Gasteiger partial charge in [0.2, 0.25) is 0 Å². The Labute approximate surface area is 268 Å². The zero-order chi connectivity index (χ0) is 30.8. The number of ether oxygens (including phenoxy) is 2. The molecule has 0 saturated carbocycles. The number of aromatic carboxylic acids is 1. The highest BCUT2D eigenvalue weighted by Crippen LogP contribution is 2.49. The van der Waals surface area contributed by atoms with Crippen LogP contribution in [0.1, 0.15) is 76.7 Å². The summed E-state index contributed by atoms with van der Waals surface area (Å²) in [6.45, 7) is 5.47. The molecular formula is C35H35ClFN3O4Si. The number of piperidine rings is 1. The van der Waals surface area contributed by atoms with Gasteiger partial charge in [-0.1, -0.05) is 35.9 Å². The molecule has 232 valence electrons. The number of carbonyl (C=O) groups is 1. The fraction of sp³-hybridized carbons (Fsp3) is 0.371. The molecule has 1 aromatic heterocycles. The fourth-order valence-corrected chi connectivity index (χ4v) is 9.90. The van der Waals surface area contributed by atoms with Gasteiger partial charge in [-0.15, -0.1) is 0 Å². The van der Waals surface area contributed by atoms with Crippen LogP contribution >= 0.6 is 11.6 Å². The lowest BCUT2D eigenvalue weighted by Crippen LogP contribution is -2.33. The number of imidazole rings is 1. The first-order chi connectivity index (χ1) is 21.8. The molecule has 3 aromatic carbocycles. The van der Waals surface area contributed by atoms with Crippen molar-refractivity contribution in [1.29, 1.82) is 0 Å². The molecule has 0 bridgehead atoms. The lowest BCUT2D eigenvalue weighted by Gasteiger charge is -2.34. The van der Waals surface area contributed by atoms with Crippen molar-refractivity contribution in [2.75, 3.05) is 19.7 Å². The van der Waals surface area contributed by atoms with Crippen LogP contribution in [0.5, 0.6) is 5.75 Å². The Morgan fingerprint density at radius 3 is 2.67 bits per heavy atom. The minimum Gasteiger partial charge on any atom is -0.481 e. The molecule has 0 aliphatic carbocycles. The lowest BCUT2D eigenvalue weighted by molar-refractivity contribution is -0.0494. The number of hydrogen-bond donors (Lipinski definition) is 1. The van der Waals surface area contributed by atoms with E-state index < -0.39 is 12.1 Å². The van der Waals surface area contributed by atoms with E-state index in [-0.39, 0.29) is 15.3 Å². The van der Waals surface area contributed by atoms with Gasteiger partial charge < -0.3 is 19.1 Å². The molecule has 3 saturated heterocycles. The van der Waals surface area contributed by atoms with Gasteiger partial charge in [-0.25, -0.2) is 14.2 Å². The predicted octanol–water partition coefficient (Wildman–Crippen LogP) is 6.70. The van der Waals surface area contributed by atoms with Crippen LogP contribution in [0.15, 0.2) is 60.7 Å². The first kappa shape index (κ1) is 28.9. The van der Waals surface area contributed by atoms with Crippen LogP contribution in [0.4, 0.5) is 4.39 Å². The molecule has 0 radical (unpaired) electrons. The van der Waals surface area contributed by atoms with E-state index in [1.165, 1.54) is 11.6 Å². The van der Waals surface area contributed by atoms with Gasteiger partial charge >= 0.3 is 5.97 Å². The van der Waals surface area contributed by atoms with Gasteiger partial charge in [-0.05, 0) is 98.3 Å². The van der Waals surface area contributed by atoms with E-state index in [0.717, 1.165) is 79.2 Å². The average molecular weight is 644 g/mol. The summed E-state index contributed by atoms with van der Waals surface area (Å²) in [5.74, 6) is 0.929. The molecule has 0 spiro atoms.